The van der Waals surface area contributed by atoms with Gasteiger partial charge in [0, 0.05) is 13.0 Å². The van der Waals surface area contributed by atoms with Crippen LogP contribution in [0.5, 0.6) is 0 Å². The summed E-state index contributed by atoms with van der Waals surface area (Å²) >= 11 is 0. The van der Waals surface area contributed by atoms with E-state index in [9.17, 15) is 0 Å². The number of halogens is 1. The monoisotopic (exact) mass is 353 g/mol. The van der Waals surface area contributed by atoms with E-state index in [0.717, 1.165) is 6.54 Å². The van der Waals surface area contributed by atoms with Gasteiger partial charge < -0.3 is 28.4 Å². The second-order valence-corrected chi connectivity index (χ2v) is 10.1. The van der Waals surface area contributed by atoms with Crippen LogP contribution in [-0.4, -0.2) is 8.07 Å². The predicted molar refractivity (Wildman–Crippen MR) is 65.6 cm³/mol. The first-order chi connectivity index (χ1) is 7.17. The molecule has 1 heterocycles. The minimum absolute atomic E-state index is 0. The molecule has 0 atom stereocenters. The van der Waals surface area contributed by atoms with Crippen LogP contribution in [0.25, 0.3) is 0 Å². The number of oxazole rings is 1. The number of hydrogen-bond donors (Lipinski definition) is 0. The minimum Gasteiger partial charge on any atom is -1.00 e. The maximum absolute atomic E-state index is 5.19. The number of rotatable bonds is 6. The van der Waals surface area contributed by atoms with Gasteiger partial charge >= 0.3 is 6.39 Å². The third kappa shape index (κ3) is 3.87. The predicted octanol–water partition coefficient (Wildman–Crippen LogP) is 0.388. The normalized spacial score (nSPS) is 11.2. The quantitative estimate of drug-likeness (QED) is 0.411. The fourth-order valence-electron chi connectivity index (χ4n) is 2.22. The summed E-state index contributed by atoms with van der Waals surface area (Å²) in [6.07, 6.45) is 3.67. The van der Waals surface area contributed by atoms with Crippen LogP contribution in [0.3, 0.4) is 0 Å². The Balaban J connectivity index is 0.00000225. The number of nitrogens with zero attached hydrogens (tertiary/aromatic N) is 1. The Morgan fingerprint density at radius 1 is 1.19 bits per heavy atom. The van der Waals surface area contributed by atoms with Crippen molar-refractivity contribution >= 4 is 8.07 Å². The van der Waals surface area contributed by atoms with Crippen LogP contribution in [0.4, 0.5) is 0 Å². The van der Waals surface area contributed by atoms with Gasteiger partial charge in [-0.25, -0.2) is 0 Å². The maximum atomic E-state index is 5.19. The van der Waals surface area contributed by atoms with Crippen molar-refractivity contribution in [2.24, 2.45) is 0 Å². The average Bonchev–Trinajstić information content (AvgIpc) is 2.67. The van der Waals surface area contributed by atoms with Gasteiger partial charge in [-0.3, -0.25) is 0 Å². The van der Waals surface area contributed by atoms with Crippen LogP contribution < -0.4 is 28.5 Å². The lowest BCUT2D eigenvalue weighted by atomic mass is 10.5. The molecule has 0 saturated carbocycles. The molecule has 0 aliphatic heterocycles. The van der Waals surface area contributed by atoms with Gasteiger partial charge in [-0.05, 0) is 0 Å². The van der Waals surface area contributed by atoms with Gasteiger partial charge in [0.05, 0.1) is 8.07 Å². The van der Waals surface area contributed by atoms with Crippen molar-refractivity contribution in [2.45, 2.75) is 58.4 Å². The smallest absolute Gasteiger partial charge is 0.334 e. The molecule has 0 amide bonds. The molecule has 0 radical (unpaired) electrons. The molecule has 94 valence electrons. The summed E-state index contributed by atoms with van der Waals surface area (Å²) in [4.78, 5) is 0. The summed E-state index contributed by atoms with van der Waals surface area (Å²) in [6, 6.07) is 5.63. The van der Waals surface area contributed by atoms with Gasteiger partial charge in [-0.1, -0.05) is 38.9 Å². The number of hydrogen-bond acceptors (Lipinski definition) is 1. The molecule has 2 nitrogen and oxygen atoms in total. The van der Waals surface area contributed by atoms with Crippen LogP contribution in [0.15, 0.2) is 17.1 Å². The molecule has 0 unspecified atom stereocenters. The van der Waals surface area contributed by atoms with Gasteiger partial charge in [0.1, 0.15) is 6.54 Å². The third-order valence-electron chi connectivity index (χ3n) is 4.01. The van der Waals surface area contributed by atoms with Crippen LogP contribution in [0.1, 0.15) is 26.5 Å². The van der Waals surface area contributed by atoms with Crippen LogP contribution in [-0.2, 0) is 6.54 Å². The topological polar surface area (TPSA) is 17.0 Å². The summed E-state index contributed by atoms with van der Waals surface area (Å²) in [5, 5.41) is 0. The van der Waals surface area contributed by atoms with E-state index < -0.39 is 8.07 Å². The van der Waals surface area contributed by atoms with Gasteiger partial charge in [-0.2, -0.15) is 4.57 Å². The van der Waals surface area contributed by atoms with Crippen molar-refractivity contribution in [3.63, 3.8) is 0 Å². The fourth-order valence-corrected chi connectivity index (χ4v) is 5.50. The standard InChI is InChI=1S/C12H24NOSi.HI/c1-5-15(6-2,7-3)9-8-13-11-14-10-12(13)4;/h10-11H,5-9H2,1-4H3;1H/q+1;/p-1. The molecule has 1 rings (SSSR count). The maximum Gasteiger partial charge on any atom is 0.334 e. The largest absolute Gasteiger partial charge is 1.00 e. The first kappa shape index (κ1) is 16.2. The van der Waals surface area contributed by atoms with Gasteiger partial charge in [-0.15, -0.1) is 0 Å². The lowest BCUT2D eigenvalue weighted by Crippen LogP contribution is -3.00. The first-order valence-electron chi connectivity index (χ1n) is 6.09. The first-order valence-corrected chi connectivity index (χ1v) is 8.92. The SMILES string of the molecule is CC[Si](CC)(CC)CC[n+]1cocc1C.[I-]. The van der Waals surface area contributed by atoms with E-state index in [1.54, 1.807) is 0 Å². The van der Waals surface area contributed by atoms with Gasteiger partial charge in [0.2, 0.25) is 5.69 Å². The summed E-state index contributed by atoms with van der Waals surface area (Å²) < 4.78 is 7.43. The number of aryl methyl sites for hydroxylation is 2. The van der Waals surface area contributed by atoms with Crippen LogP contribution in [0.2, 0.25) is 24.2 Å². The molecule has 0 aliphatic carbocycles. The second-order valence-electron chi connectivity index (χ2n) is 4.50. The third-order valence-corrected chi connectivity index (χ3v) is 9.80. The lowest BCUT2D eigenvalue weighted by Gasteiger charge is -2.26. The van der Waals surface area contributed by atoms with E-state index in [1.807, 2.05) is 12.7 Å². The highest BCUT2D eigenvalue weighted by molar-refractivity contribution is 6.79. The summed E-state index contributed by atoms with van der Waals surface area (Å²) in [5.41, 5.74) is 1.24. The van der Waals surface area contributed by atoms with Crippen molar-refractivity contribution in [2.75, 3.05) is 0 Å². The van der Waals surface area contributed by atoms with E-state index in [4.69, 9.17) is 4.42 Å². The molecule has 1 aromatic heterocycles. The van der Waals surface area contributed by atoms with E-state index in [-0.39, 0.29) is 24.0 Å². The van der Waals surface area contributed by atoms with Crippen molar-refractivity contribution in [1.82, 2.24) is 0 Å². The Labute approximate surface area is 117 Å². The van der Waals surface area contributed by atoms with Crippen LogP contribution in [0, 0.1) is 6.92 Å². The second kappa shape index (κ2) is 7.48. The Morgan fingerprint density at radius 2 is 1.75 bits per heavy atom. The summed E-state index contributed by atoms with van der Waals surface area (Å²) in [7, 11) is -0.959. The van der Waals surface area contributed by atoms with Crippen molar-refractivity contribution in [1.29, 1.82) is 0 Å². The highest BCUT2D eigenvalue weighted by Crippen LogP contribution is 2.24. The molecule has 0 N–H and O–H groups in total. The van der Waals surface area contributed by atoms with Crippen molar-refractivity contribution < 1.29 is 33.0 Å². The summed E-state index contributed by atoms with van der Waals surface area (Å²) in [6.45, 7) is 10.4. The van der Waals surface area contributed by atoms with Gasteiger partial charge in [0.15, 0.2) is 6.26 Å². The molecule has 0 aliphatic rings. The molecule has 0 fully saturated rings. The molecule has 0 aromatic carbocycles. The van der Waals surface area contributed by atoms with Crippen molar-refractivity contribution in [3.05, 3.63) is 18.4 Å². The van der Waals surface area contributed by atoms with E-state index in [2.05, 4.69) is 32.3 Å². The minimum atomic E-state index is -0.959. The van der Waals surface area contributed by atoms with Crippen molar-refractivity contribution in [3.8, 4) is 0 Å². The molecule has 1 aromatic rings. The van der Waals surface area contributed by atoms with E-state index in [1.165, 1.54) is 29.9 Å². The fraction of sp³-hybridized carbons (Fsp3) is 0.750. The number of aromatic nitrogens is 1. The zero-order chi connectivity index (χ0) is 11.3. The highest BCUT2D eigenvalue weighted by Gasteiger charge is 2.28. The Morgan fingerprint density at radius 3 is 2.12 bits per heavy atom. The molecule has 16 heavy (non-hydrogen) atoms. The molecule has 0 spiro atoms. The summed E-state index contributed by atoms with van der Waals surface area (Å²) in [5.74, 6) is 0. The van der Waals surface area contributed by atoms with Crippen LogP contribution >= 0.6 is 0 Å². The molecular formula is C12H24INOSi. The zero-order valence-corrected chi connectivity index (χ0v) is 14.1. The Hall–Kier alpha value is 0.157. The Kier molecular flexibility index (Phi) is 7.55. The molecule has 4 heteroatoms. The molecule has 0 bridgehead atoms. The zero-order valence-electron chi connectivity index (χ0n) is 10.9. The molecule has 0 saturated heterocycles. The molecular weight excluding hydrogens is 329 g/mol. The lowest BCUT2D eigenvalue weighted by molar-refractivity contribution is -0.701. The highest BCUT2D eigenvalue weighted by atomic mass is 127. The van der Waals surface area contributed by atoms with E-state index >= 15 is 0 Å². The Bertz CT molecular complexity index is 289. The van der Waals surface area contributed by atoms with E-state index in [0.29, 0.717) is 0 Å². The van der Waals surface area contributed by atoms with Gasteiger partial charge in [0.25, 0.3) is 0 Å². The average molecular weight is 353 g/mol.